The van der Waals surface area contributed by atoms with Gasteiger partial charge in [0.15, 0.2) is 0 Å². The number of nitro groups is 2. The molecule has 0 unspecified atom stereocenters. The number of hydrogen-bond acceptors (Lipinski definition) is 14. The molecule has 0 heterocycles. The highest BCUT2D eigenvalue weighted by Gasteiger charge is 2.24. The number of halogens is 5. The maximum absolute atomic E-state index is 12.9. The summed E-state index contributed by atoms with van der Waals surface area (Å²) in [5, 5.41) is 46.3. The Bertz CT molecular complexity index is 2260. The number of nitrogens with two attached hydrogens (primary N) is 1. The Morgan fingerprint density at radius 1 is 0.738 bits per heavy atom. The van der Waals surface area contributed by atoms with Crippen molar-refractivity contribution in [3.8, 4) is 35.1 Å². The van der Waals surface area contributed by atoms with E-state index < -0.39 is 57.8 Å². The zero-order chi connectivity index (χ0) is 46.4. The molecule has 18 nitrogen and oxygen atoms in total. The molecular weight excluding hydrogens is 821 g/mol. The van der Waals surface area contributed by atoms with Crippen LogP contribution in [0.15, 0.2) is 60.7 Å². The molecule has 5 N–H and O–H groups in total. The number of rotatable bonds is 14. The van der Waals surface area contributed by atoms with E-state index in [1.165, 1.54) is 44.6 Å². The number of carbonyl (C=O) groups is 2. The third-order valence-corrected chi connectivity index (χ3v) is 7.03. The smallest absolute Gasteiger partial charge is 0.387 e. The van der Waals surface area contributed by atoms with Crippen molar-refractivity contribution >= 4 is 55.7 Å². The average Bonchev–Trinajstić information content (AvgIpc) is 3.21. The van der Waals surface area contributed by atoms with E-state index in [1.54, 1.807) is 26.0 Å². The van der Waals surface area contributed by atoms with E-state index >= 15 is 0 Å². The molecule has 0 bridgehead atoms. The van der Waals surface area contributed by atoms with Crippen molar-refractivity contribution in [1.82, 2.24) is 10.6 Å². The van der Waals surface area contributed by atoms with Gasteiger partial charge < -0.3 is 40.6 Å². The minimum atomic E-state index is -3.22. The summed E-state index contributed by atoms with van der Waals surface area (Å²) in [5.74, 6) is -2.96. The molecule has 0 atom stereocenters. The largest absolute Gasteiger partial charge is 0.496 e. The van der Waals surface area contributed by atoms with E-state index in [9.17, 15) is 51.8 Å². The molecule has 61 heavy (non-hydrogen) atoms. The lowest BCUT2D eigenvalue weighted by molar-refractivity contribution is -0.387. The Balaban J connectivity index is 0.000000493. The van der Waals surface area contributed by atoms with Gasteiger partial charge in [0.1, 0.15) is 39.8 Å². The highest BCUT2D eigenvalue weighted by molar-refractivity contribution is 6.75. The molecule has 2 amide bonds. The minimum absolute atomic E-state index is 0.00445. The zero-order valence-electron chi connectivity index (χ0n) is 32.3. The number of nitrogen functional groups attached to an aromatic ring is 1. The molecule has 0 saturated heterocycles. The molecule has 0 aliphatic rings. The molecule has 0 spiro atoms. The number of anilines is 3. The van der Waals surface area contributed by atoms with Crippen LogP contribution >= 0.6 is 0 Å². The summed E-state index contributed by atoms with van der Waals surface area (Å²) in [6.45, 7) is -2.32. The highest BCUT2D eigenvalue weighted by atomic mass is 19.3. The number of nitrogens with one attached hydrogen (secondary N) is 3. The first-order valence-electron chi connectivity index (χ1n) is 16.7. The standard InChI is InChI=1S/C18H16F2N4O5.C11H14F2N2O3.C7H3FN2O2.B2/c1-3-22-17(25)16-14(28-2)7-11(8-15(16)29-18(19)20)23-12-5-4-10(9-21)6-13(12)24(26)27;1-3-15-10(16)9-7(17-2)4-6(14)5-8(9)18-11(12)13;8-6-2-1-5(4-9)3-7(6)10(11)12;1-2/h4-8,18,23H,3H2,1-2H3,(H,22,25);4-5,11H,3,14H2,1-2H3,(H,15,16);1-3H;. The Morgan fingerprint density at radius 3 is 1.57 bits per heavy atom. The maximum atomic E-state index is 12.9. The number of ether oxygens (including phenoxy) is 4. The predicted octanol–water partition coefficient (Wildman–Crippen LogP) is 6.04. The summed E-state index contributed by atoms with van der Waals surface area (Å²) in [6.07, 6.45) is 0. The molecular formula is C36H33B2F5N8O10. The van der Waals surface area contributed by atoms with Gasteiger partial charge in [-0.3, -0.25) is 29.8 Å². The fourth-order valence-corrected chi connectivity index (χ4v) is 4.65. The van der Waals surface area contributed by atoms with Gasteiger partial charge in [-0.2, -0.15) is 32.5 Å². The number of nitriles is 2. The lowest BCUT2D eigenvalue weighted by atomic mass is 9.81. The van der Waals surface area contributed by atoms with Crippen molar-refractivity contribution in [2.75, 3.05) is 38.4 Å². The van der Waals surface area contributed by atoms with Crippen LogP contribution < -0.4 is 40.6 Å². The van der Waals surface area contributed by atoms with Crippen LogP contribution in [0.25, 0.3) is 0 Å². The van der Waals surface area contributed by atoms with Gasteiger partial charge in [-0.1, -0.05) is 0 Å². The Kier molecular flexibility index (Phi) is 21.4. The quantitative estimate of drug-likeness (QED) is 0.0370. The third-order valence-electron chi connectivity index (χ3n) is 7.03. The molecule has 0 aromatic heterocycles. The zero-order valence-corrected chi connectivity index (χ0v) is 32.3. The van der Waals surface area contributed by atoms with Gasteiger partial charge in [0.05, 0.1) is 47.3 Å². The molecule has 4 aromatic rings. The molecule has 0 aliphatic heterocycles. The van der Waals surface area contributed by atoms with Gasteiger partial charge >= 0.3 is 18.9 Å². The van der Waals surface area contributed by atoms with E-state index in [0.29, 0.717) is 6.54 Å². The Morgan fingerprint density at radius 2 is 1.15 bits per heavy atom. The Hall–Kier alpha value is -7.82. The number of hydrogen-bond donors (Lipinski definition) is 4. The van der Waals surface area contributed by atoms with Crippen LogP contribution in [0.4, 0.5) is 50.4 Å². The van der Waals surface area contributed by atoms with E-state index in [2.05, 4.69) is 40.9 Å². The van der Waals surface area contributed by atoms with Crippen LogP contribution in [0, 0.1) is 48.7 Å². The van der Waals surface area contributed by atoms with E-state index in [-0.39, 0.29) is 63.1 Å². The number of amides is 2. The number of carbonyl (C=O) groups excluding carboxylic acids is 2. The first kappa shape index (κ1) is 51.2. The second-order valence-corrected chi connectivity index (χ2v) is 10.9. The van der Waals surface area contributed by atoms with Gasteiger partial charge in [-0.25, -0.2) is 0 Å². The Labute approximate surface area is 346 Å². The molecule has 25 heteroatoms. The van der Waals surface area contributed by atoms with Gasteiger partial charge in [-0.15, -0.1) is 0 Å². The topological polar surface area (TPSA) is 267 Å². The number of nitrogens with zero attached hydrogens (tertiary/aromatic N) is 4. The minimum Gasteiger partial charge on any atom is -0.496 e. The number of benzene rings is 4. The third kappa shape index (κ3) is 15.5. The summed E-state index contributed by atoms with van der Waals surface area (Å²) in [6, 6.07) is 15.1. The molecule has 4 radical (unpaired) electrons. The first-order valence-corrected chi connectivity index (χ1v) is 16.7. The highest BCUT2D eigenvalue weighted by Crippen LogP contribution is 2.37. The van der Waals surface area contributed by atoms with Gasteiger partial charge in [0.2, 0.25) is 5.82 Å². The van der Waals surface area contributed by atoms with Crippen molar-refractivity contribution < 1.29 is 60.3 Å². The van der Waals surface area contributed by atoms with Crippen molar-refractivity contribution in [2.45, 2.75) is 27.1 Å². The fraction of sp³-hybridized carbons (Fsp3) is 0.222. The normalized spacial score (nSPS) is 9.72. The van der Waals surface area contributed by atoms with E-state index in [1.807, 2.05) is 0 Å². The first-order chi connectivity index (χ1) is 28.9. The molecule has 0 saturated carbocycles. The predicted molar refractivity (Wildman–Crippen MR) is 210 cm³/mol. The van der Waals surface area contributed by atoms with Gasteiger partial charge in [0, 0.05) is 76.3 Å². The van der Waals surface area contributed by atoms with Crippen molar-refractivity contribution in [2.24, 2.45) is 0 Å². The SMILES string of the molecule is CCNC(=O)c1c(OC)cc(N)cc1OC(F)F.CCNC(=O)c1c(OC)cc(Nc2ccc(C#N)cc2[N+](=O)[O-])cc1OC(F)F.N#Cc1ccc(F)c([N+](=O)[O-])c1.[B][B]. The van der Waals surface area contributed by atoms with Crippen LogP contribution in [-0.2, 0) is 0 Å². The maximum Gasteiger partial charge on any atom is 0.387 e. The lowest BCUT2D eigenvalue weighted by Gasteiger charge is -2.17. The molecule has 4 rings (SSSR count). The summed E-state index contributed by atoms with van der Waals surface area (Å²) < 4.78 is 81.7. The molecule has 318 valence electrons. The van der Waals surface area contributed by atoms with Crippen LogP contribution in [0.2, 0.25) is 0 Å². The summed E-state index contributed by atoms with van der Waals surface area (Å²) in [5.41, 5.74) is 4.52. The van der Waals surface area contributed by atoms with E-state index in [0.717, 1.165) is 30.3 Å². The summed E-state index contributed by atoms with van der Waals surface area (Å²) in [7, 11) is 10.5. The summed E-state index contributed by atoms with van der Waals surface area (Å²) in [4.78, 5) is 43.9. The van der Waals surface area contributed by atoms with Crippen LogP contribution in [-0.4, -0.2) is 77.7 Å². The molecule has 4 aromatic carbocycles. The number of alkyl halides is 4. The second kappa shape index (κ2) is 25.5. The molecule has 0 fully saturated rings. The van der Waals surface area contributed by atoms with Crippen molar-refractivity contribution in [3.63, 3.8) is 0 Å². The number of methoxy groups -OCH3 is 2. The van der Waals surface area contributed by atoms with E-state index in [4.69, 9.17) is 25.7 Å². The van der Waals surface area contributed by atoms with Gasteiger partial charge in [0.25, 0.3) is 17.5 Å². The lowest BCUT2D eigenvalue weighted by Crippen LogP contribution is -2.24. The van der Waals surface area contributed by atoms with Crippen LogP contribution in [0.5, 0.6) is 23.0 Å². The summed E-state index contributed by atoms with van der Waals surface area (Å²) >= 11 is 0. The fourth-order valence-electron chi connectivity index (χ4n) is 4.65. The second-order valence-electron chi connectivity index (χ2n) is 10.9. The number of nitro benzene ring substituents is 2. The van der Waals surface area contributed by atoms with Crippen LogP contribution in [0.1, 0.15) is 45.7 Å². The van der Waals surface area contributed by atoms with Crippen LogP contribution in [0.3, 0.4) is 0 Å². The molecule has 0 aliphatic carbocycles. The monoisotopic (exact) mass is 854 g/mol. The van der Waals surface area contributed by atoms with Crippen molar-refractivity contribution in [3.05, 3.63) is 109 Å². The van der Waals surface area contributed by atoms with Gasteiger partial charge in [-0.05, 0) is 38.1 Å². The average molecular weight is 854 g/mol. The van der Waals surface area contributed by atoms with Crippen molar-refractivity contribution in [1.29, 1.82) is 10.5 Å².